The maximum absolute atomic E-state index is 5.85. The summed E-state index contributed by atoms with van der Waals surface area (Å²) in [6, 6.07) is 10.2. The van der Waals surface area contributed by atoms with E-state index in [1.54, 1.807) is 0 Å². The van der Waals surface area contributed by atoms with Crippen molar-refractivity contribution in [2.45, 2.75) is 33.4 Å². The van der Waals surface area contributed by atoms with E-state index in [1.165, 1.54) is 11.1 Å². The molecule has 102 valence electrons. The minimum Gasteiger partial charge on any atom is -0.485 e. The minimum atomic E-state index is 0.474. The van der Waals surface area contributed by atoms with Crippen LogP contribution in [0.2, 0.25) is 0 Å². The lowest BCUT2D eigenvalue weighted by atomic mass is 10.1. The van der Waals surface area contributed by atoms with Gasteiger partial charge < -0.3 is 14.5 Å². The predicted octanol–water partition coefficient (Wildman–Crippen LogP) is 3.45. The smallest absolute Gasteiger partial charge is 0.146 e. The Hall–Kier alpha value is -1.74. The van der Waals surface area contributed by atoms with Crippen LogP contribution < -0.4 is 10.1 Å². The third-order valence-electron chi connectivity index (χ3n) is 3.16. The number of aryl methyl sites for hydroxylation is 2. The van der Waals surface area contributed by atoms with Crippen molar-refractivity contribution in [2.75, 3.05) is 7.05 Å². The largest absolute Gasteiger partial charge is 0.485 e. The lowest BCUT2D eigenvalue weighted by Gasteiger charge is -2.08. The third-order valence-corrected chi connectivity index (χ3v) is 3.16. The molecule has 0 aliphatic heterocycles. The molecule has 0 fully saturated rings. The van der Waals surface area contributed by atoms with Gasteiger partial charge in [-0.2, -0.15) is 0 Å². The number of nitrogens with one attached hydrogen (secondary N) is 1. The van der Waals surface area contributed by atoms with Gasteiger partial charge >= 0.3 is 0 Å². The standard InChI is InChI=1S/C16H21NO2/c1-4-13-7-5-6-8-16(13)18-11-15-9-14(10-17-3)12(2)19-15/h5-9,17H,4,10-11H2,1-3H3. The monoisotopic (exact) mass is 259 g/mol. The van der Waals surface area contributed by atoms with Gasteiger partial charge in [0.2, 0.25) is 0 Å². The first-order valence-corrected chi connectivity index (χ1v) is 6.68. The highest BCUT2D eigenvalue weighted by Gasteiger charge is 2.08. The van der Waals surface area contributed by atoms with Crippen molar-refractivity contribution in [3.8, 4) is 5.75 Å². The molecule has 3 nitrogen and oxygen atoms in total. The third kappa shape index (κ3) is 3.38. The van der Waals surface area contributed by atoms with Gasteiger partial charge in [0.1, 0.15) is 23.9 Å². The number of para-hydroxylation sites is 1. The summed E-state index contributed by atoms with van der Waals surface area (Å²) >= 11 is 0. The average molecular weight is 259 g/mol. The van der Waals surface area contributed by atoms with Crippen LogP contribution in [0.1, 0.15) is 29.6 Å². The Morgan fingerprint density at radius 1 is 1.21 bits per heavy atom. The quantitative estimate of drug-likeness (QED) is 0.862. The van der Waals surface area contributed by atoms with Crippen LogP contribution in [0.4, 0.5) is 0 Å². The highest BCUT2D eigenvalue weighted by molar-refractivity contribution is 5.33. The van der Waals surface area contributed by atoms with Crippen molar-refractivity contribution in [1.29, 1.82) is 0 Å². The molecule has 0 radical (unpaired) electrons. The highest BCUT2D eigenvalue weighted by atomic mass is 16.5. The van der Waals surface area contributed by atoms with Gasteiger partial charge in [-0.15, -0.1) is 0 Å². The zero-order chi connectivity index (χ0) is 13.7. The minimum absolute atomic E-state index is 0.474. The molecule has 1 N–H and O–H groups in total. The summed E-state index contributed by atoms with van der Waals surface area (Å²) < 4.78 is 11.5. The second-order valence-corrected chi connectivity index (χ2v) is 4.57. The molecule has 3 heteroatoms. The molecule has 0 atom stereocenters. The molecule has 0 amide bonds. The SMILES string of the molecule is CCc1ccccc1OCc1cc(CNC)c(C)o1. The fourth-order valence-electron chi connectivity index (χ4n) is 2.11. The van der Waals surface area contributed by atoms with E-state index in [0.717, 1.165) is 30.2 Å². The van der Waals surface area contributed by atoms with Crippen LogP contribution >= 0.6 is 0 Å². The van der Waals surface area contributed by atoms with Gasteiger partial charge in [0, 0.05) is 12.1 Å². The fourth-order valence-corrected chi connectivity index (χ4v) is 2.11. The first-order chi connectivity index (χ1) is 9.24. The molecule has 0 spiro atoms. The first kappa shape index (κ1) is 13.7. The lowest BCUT2D eigenvalue weighted by molar-refractivity contribution is 0.265. The summed E-state index contributed by atoms with van der Waals surface area (Å²) in [4.78, 5) is 0. The molecule has 2 rings (SSSR count). The van der Waals surface area contributed by atoms with Crippen molar-refractivity contribution < 1.29 is 9.15 Å². The van der Waals surface area contributed by atoms with Crippen molar-refractivity contribution in [3.63, 3.8) is 0 Å². The molecule has 0 bridgehead atoms. The fraction of sp³-hybridized carbons (Fsp3) is 0.375. The Morgan fingerprint density at radius 2 is 2.00 bits per heavy atom. The van der Waals surface area contributed by atoms with E-state index in [4.69, 9.17) is 9.15 Å². The average Bonchev–Trinajstić information content (AvgIpc) is 2.78. The predicted molar refractivity (Wildman–Crippen MR) is 76.4 cm³/mol. The van der Waals surface area contributed by atoms with Crippen molar-refractivity contribution in [1.82, 2.24) is 5.32 Å². The van der Waals surface area contributed by atoms with Gasteiger partial charge in [0.05, 0.1) is 0 Å². The zero-order valence-electron chi connectivity index (χ0n) is 11.8. The Bertz CT molecular complexity index is 531. The molecule has 1 heterocycles. The zero-order valence-corrected chi connectivity index (χ0v) is 11.8. The Balaban J connectivity index is 2.04. The van der Waals surface area contributed by atoms with Gasteiger partial charge in [0.15, 0.2) is 0 Å². The first-order valence-electron chi connectivity index (χ1n) is 6.68. The van der Waals surface area contributed by atoms with Gasteiger partial charge in [-0.1, -0.05) is 25.1 Å². The maximum Gasteiger partial charge on any atom is 0.146 e. The Kier molecular flexibility index (Phi) is 4.63. The second-order valence-electron chi connectivity index (χ2n) is 4.57. The van der Waals surface area contributed by atoms with E-state index in [0.29, 0.717) is 6.61 Å². The van der Waals surface area contributed by atoms with Gasteiger partial charge in [-0.3, -0.25) is 0 Å². The molecule has 1 aromatic heterocycles. The van der Waals surface area contributed by atoms with Crippen LogP contribution in [-0.4, -0.2) is 7.05 Å². The van der Waals surface area contributed by atoms with E-state index in [-0.39, 0.29) is 0 Å². The van der Waals surface area contributed by atoms with Crippen LogP contribution in [0.5, 0.6) is 5.75 Å². The molecule has 0 aliphatic carbocycles. The molecule has 0 aliphatic rings. The van der Waals surface area contributed by atoms with Gasteiger partial charge in [0.25, 0.3) is 0 Å². The molecule has 0 saturated heterocycles. The maximum atomic E-state index is 5.85. The van der Waals surface area contributed by atoms with Crippen LogP contribution in [-0.2, 0) is 19.6 Å². The Labute approximate surface area is 114 Å². The molecular weight excluding hydrogens is 238 g/mol. The van der Waals surface area contributed by atoms with Crippen molar-refractivity contribution in [2.24, 2.45) is 0 Å². The van der Waals surface area contributed by atoms with Crippen LogP contribution in [0.3, 0.4) is 0 Å². The molecule has 1 aromatic carbocycles. The van der Waals surface area contributed by atoms with Gasteiger partial charge in [-0.25, -0.2) is 0 Å². The highest BCUT2D eigenvalue weighted by Crippen LogP contribution is 2.21. The molecule has 2 aromatic rings. The van der Waals surface area contributed by atoms with Crippen molar-refractivity contribution in [3.05, 3.63) is 53.0 Å². The van der Waals surface area contributed by atoms with Gasteiger partial charge in [-0.05, 0) is 38.1 Å². The van der Waals surface area contributed by atoms with Crippen LogP contribution in [0, 0.1) is 6.92 Å². The summed E-state index contributed by atoms with van der Waals surface area (Å²) in [5.74, 6) is 2.76. The van der Waals surface area contributed by atoms with Crippen LogP contribution in [0.25, 0.3) is 0 Å². The van der Waals surface area contributed by atoms with E-state index in [2.05, 4.69) is 24.4 Å². The van der Waals surface area contributed by atoms with Crippen molar-refractivity contribution >= 4 is 0 Å². The normalized spacial score (nSPS) is 10.7. The molecule has 19 heavy (non-hydrogen) atoms. The van der Waals surface area contributed by atoms with Crippen LogP contribution in [0.15, 0.2) is 34.7 Å². The topological polar surface area (TPSA) is 34.4 Å². The molecule has 0 unspecified atom stereocenters. The number of benzene rings is 1. The molecular formula is C16H21NO2. The summed E-state index contributed by atoms with van der Waals surface area (Å²) in [6.07, 6.45) is 0.971. The number of ether oxygens (including phenoxy) is 1. The molecule has 0 saturated carbocycles. The van der Waals surface area contributed by atoms with E-state index in [1.807, 2.05) is 32.2 Å². The summed E-state index contributed by atoms with van der Waals surface area (Å²) in [5.41, 5.74) is 2.41. The van der Waals surface area contributed by atoms with E-state index >= 15 is 0 Å². The lowest BCUT2D eigenvalue weighted by Crippen LogP contribution is -2.04. The number of rotatable bonds is 6. The number of furan rings is 1. The second kappa shape index (κ2) is 6.43. The number of hydrogen-bond acceptors (Lipinski definition) is 3. The summed E-state index contributed by atoms with van der Waals surface area (Å²) in [7, 11) is 1.93. The summed E-state index contributed by atoms with van der Waals surface area (Å²) in [5, 5.41) is 3.13. The van der Waals surface area contributed by atoms with E-state index < -0.39 is 0 Å². The summed E-state index contributed by atoms with van der Waals surface area (Å²) in [6.45, 7) is 5.41. The Morgan fingerprint density at radius 3 is 2.74 bits per heavy atom. The number of hydrogen-bond donors (Lipinski definition) is 1. The van der Waals surface area contributed by atoms with E-state index in [9.17, 15) is 0 Å².